The van der Waals surface area contributed by atoms with Crippen molar-refractivity contribution >= 4 is 11.9 Å². The molecular weight excluding hydrogens is 311 g/mol. The first kappa shape index (κ1) is 15.1. The maximum atomic E-state index is 12.9. The molecule has 1 aromatic carbocycles. The van der Waals surface area contributed by atoms with Crippen molar-refractivity contribution < 1.29 is 13.7 Å². The van der Waals surface area contributed by atoms with Gasteiger partial charge in [-0.15, -0.1) is 0 Å². The third-order valence-electron chi connectivity index (χ3n) is 4.72. The van der Waals surface area contributed by atoms with E-state index in [4.69, 9.17) is 4.52 Å². The zero-order chi connectivity index (χ0) is 16.5. The first-order valence-corrected chi connectivity index (χ1v) is 8.30. The second-order valence-electron chi connectivity index (χ2n) is 6.37. The first-order chi connectivity index (χ1) is 11.7. The zero-order valence-electron chi connectivity index (χ0n) is 13.3. The minimum absolute atomic E-state index is 0.249. The van der Waals surface area contributed by atoms with Gasteiger partial charge in [-0.2, -0.15) is 4.98 Å². The third kappa shape index (κ3) is 2.98. The van der Waals surface area contributed by atoms with Crippen LogP contribution >= 0.6 is 0 Å². The van der Waals surface area contributed by atoms with Crippen LogP contribution in [-0.2, 0) is 11.2 Å². The van der Waals surface area contributed by atoms with Crippen LogP contribution in [0.5, 0.6) is 0 Å². The van der Waals surface area contributed by atoms with Crippen molar-refractivity contribution in [2.24, 2.45) is 0 Å². The van der Waals surface area contributed by atoms with Crippen LogP contribution in [0.15, 0.2) is 28.8 Å². The van der Waals surface area contributed by atoms with Gasteiger partial charge in [0.1, 0.15) is 5.82 Å². The number of aromatic nitrogens is 2. The van der Waals surface area contributed by atoms with Crippen molar-refractivity contribution in [2.75, 3.05) is 24.5 Å². The van der Waals surface area contributed by atoms with Gasteiger partial charge >= 0.3 is 0 Å². The summed E-state index contributed by atoms with van der Waals surface area (Å²) >= 11 is 0. The maximum Gasteiger partial charge on any atom is 0.266 e. The third-order valence-corrected chi connectivity index (χ3v) is 4.72. The minimum atomic E-state index is -0.260. The summed E-state index contributed by atoms with van der Waals surface area (Å²) < 4.78 is 18.3. The predicted octanol–water partition coefficient (Wildman–Crippen LogP) is 2.00. The van der Waals surface area contributed by atoms with Crippen LogP contribution in [0.4, 0.5) is 10.3 Å². The summed E-state index contributed by atoms with van der Waals surface area (Å²) in [7, 11) is 0. The molecule has 0 radical (unpaired) electrons. The summed E-state index contributed by atoms with van der Waals surface area (Å²) in [5, 5.41) is 4.05. The molecule has 1 aromatic heterocycles. The Labute approximate surface area is 139 Å². The molecule has 2 aromatic rings. The average Bonchev–Trinajstić information content (AvgIpc) is 3.29. The van der Waals surface area contributed by atoms with Gasteiger partial charge in [-0.3, -0.25) is 4.79 Å². The van der Waals surface area contributed by atoms with Crippen molar-refractivity contribution in [1.82, 2.24) is 15.0 Å². The fourth-order valence-electron chi connectivity index (χ4n) is 3.46. The summed E-state index contributed by atoms with van der Waals surface area (Å²) in [6.45, 7) is 2.44. The van der Waals surface area contributed by atoms with Crippen LogP contribution < -0.4 is 4.90 Å². The molecule has 0 bridgehead atoms. The van der Waals surface area contributed by atoms with Crippen molar-refractivity contribution in [1.29, 1.82) is 0 Å². The van der Waals surface area contributed by atoms with Gasteiger partial charge in [0.05, 0.1) is 12.5 Å². The second-order valence-corrected chi connectivity index (χ2v) is 6.37. The number of hydrogen-bond acceptors (Lipinski definition) is 5. The Morgan fingerprint density at radius 3 is 2.83 bits per heavy atom. The van der Waals surface area contributed by atoms with E-state index in [1.807, 2.05) is 4.90 Å². The van der Waals surface area contributed by atoms with Gasteiger partial charge < -0.3 is 14.3 Å². The molecule has 0 N–H and O–H groups in total. The summed E-state index contributed by atoms with van der Waals surface area (Å²) in [5.74, 6) is 1.08. The van der Waals surface area contributed by atoms with Gasteiger partial charge in [0.15, 0.2) is 0 Å². The van der Waals surface area contributed by atoms with Crippen LogP contribution in [-0.4, -0.2) is 46.6 Å². The highest BCUT2D eigenvalue weighted by molar-refractivity contribution is 5.78. The zero-order valence-corrected chi connectivity index (χ0v) is 13.3. The lowest BCUT2D eigenvalue weighted by Gasteiger charge is -2.23. The number of nitrogens with zero attached hydrogens (tertiary/aromatic N) is 4. The molecule has 0 aliphatic carbocycles. The predicted molar refractivity (Wildman–Crippen MR) is 85.1 cm³/mol. The Hall–Kier alpha value is -2.44. The molecule has 24 heavy (non-hydrogen) atoms. The summed E-state index contributed by atoms with van der Waals surface area (Å²) in [5.41, 5.74) is 0.925. The molecule has 1 atom stereocenters. The monoisotopic (exact) mass is 330 g/mol. The van der Waals surface area contributed by atoms with Gasteiger partial charge in [0.2, 0.25) is 11.8 Å². The Kier molecular flexibility index (Phi) is 3.92. The quantitative estimate of drug-likeness (QED) is 0.858. The van der Waals surface area contributed by atoms with E-state index in [1.54, 1.807) is 12.1 Å². The van der Waals surface area contributed by atoms with E-state index < -0.39 is 0 Å². The number of anilines is 1. The smallest absolute Gasteiger partial charge is 0.266 e. The number of carbonyl (C=O) groups excluding carboxylic acids is 1. The molecule has 0 saturated carbocycles. The number of benzene rings is 1. The molecule has 126 valence electrons. The average molecular weight is 330 g/mol. The number of likely N-dealkylation sites (tertiary alicyclic amines) is 1. The molecule has 2 aliphatic heterocycles. The first-order valence-electron chi connectivity index (χ1n) is 8.30. The Balaban J connectivity index is 1.40. The van der Waals surface area contributed by atoms with Crippen molar-refractivity contribution in [2.45, 2.75) is 31.7 Å². The topological polar surface area (TPSA) is 62.5 Å². The van der Waals surface area contributed by atoms with E-state index in [-0.39, 0.29) is 17.8 Å². The molecule has 2 fully saturated rings. The Morgan fingerprint density at radius 2 is 2.08 bits per heavy atom. The standard InChI is InChI=1S/C17H19FN4O2/c18-13-5-3-12(4-6-13)10-15-19-17(20-24-15)21-9-7-14(11-21)22-8-1-2-16(22)23/h3-6,14H,1-2,7-11H2. The summed E-state index contributed by atoms with van der Waals surface area (Å²) in [4.78, 5) is 20.4. The van der Waals surface area contributed by atoms with Crippen LogP contribution in [0.2, 0.25) is 0 Å². The fourth-order valence-corrected chi connectivity index (χ4v) is 3.46. The summed E-state index contributed by atoms with van der Waals surface area (Å²) in [6.07, 6.45) is 3.04. The normalized spacial score (nSPS) is 21.0. The van der Waals surface area contributed by atoms with Crippen LogP contribution in [0.25, 0.3) is 0 Å². The lowest BCUT2D eigenvalue weighted by atomic mass is 10.1. The van der Waals surface area contributed by atoms with Gasteiger partial charge in [-0.05, 0) is 35.7 Å². The minimum Gasteiger partial charge on any atom is -0.338 e. The SMILES string of the molecule is O=C1CCCN1C1CCN(c2noc(Cc3ccc(F)cc3)n2)C1. The van der Waals surface area contributed by atoms with E-state index in [0.717, 1.165) is 38.0 Å². The molecular formula is C17H19FN4O2. The van der Waals surface area contributed by atoms with E-state index in [2.05, 4.69) is 15.0 Å². The van der Waals surface area contributed by atoms with Gasteiger partial charge in [0.25, 0.3) is 5.95 Å². The molecule has 0 spiro atoms. The van der Waals surface area contributed by atoms with Crippen molar-refractivity contribution in [3.05, 3.63) is 41.5 Å². The molecule has 2 aliphatic rings. The molecule has 6 nitrogen and oxygen atoms in total. The molecule has 2 saturated heterocycles. The number of amides is 1. The molecule has 1 amide bonds. The van der Waals surface area contributed by atoms with Gasteiger partial charge in [-0.1, -0.05) is 12.1 Å². The van der Waals surface area contributed by atoms with E-state index in [1.165, 1.54) is 12.1 Å². The van der Waals surface area contributed by atoms with E-state index in [0.29, 0.717) is 24.7 Å². The van der Waals surface area contributed by atoms with Crippen molar-refractivity contribution in [3.8, 4) is 0 Å². The molecule has 7 heteroatoms. The highest BCUT2D eigenvalue weighted by Crippen LogP contribution is 2.24. The highest BCUT2D eigenvalue weighted by Gasteiger charge is 2.34. The number of rotatable bonds is 4. The van der Waals surface area contributed by atoms with E-state index in [9.17, 15) is 9.18 Å². The van der Waals surface area contributed by atoms with Gasteiger partial charge in [-0.25, -0.2) is 4.39 Å². The van der Waals surface area contributed by atoms with Crippen LogP contribution in [0.3, 0.4) is 0 Å². The highest BCUT2D eigenvalue weighted by atomic mass is 19.1. The van der Waals surface area contributed by atoms with Gasteiger partial charge in [0, 0.05) is 26.1 Å². The maximum absolute atomic E-state index is 12.9. The second kappa shape index (κ2) is 6.22. The summed E-state index contributed by atoms with van der Waals surface area (Å²) in [6, 6.07) is 6.52. The molecule has 4 rings (SSSR count). The lowest BCUT2D eigenvalue weighted by molar-refractivity contribution is -0.129. The van der Waals surface area contributed by atoms with Crippen LogP contribution in [0, 0.1) is 5.82 Å². The number of carbonyl (C=O) groups is 1. The molecule has 1 unspecified atom stereocenters. The van der Waals surface area contributed by atoms with Crippen molar-refractivity contribution in [3.63, 3.8) is 0 Å². The van der Waals surface area contributed by atoms with E-state index >= 15 is 0 Å². The molecule has 3 heterocycles. The lowest BCUT2D eigenvalue weighted by Crippen LogP contribution is -2.38. The Bertz CT molecular complexity index is 730. The Morgan fingerprint density at radius 1 is 1.25 bits per heavy atom. The number of hydrogen-bond donors (Lipinski definition) is 0. The number of halogens is 1. The largest absolute Gasteiger partial charge is 0.338 e. The fraction of sp³-hybridized carbons (Fsp3) is 0.471. The van der Waals surface area contributed by atoms with Crippen LogP contribution in [0.1, 0.15) is 30.7 Å².